The molecule has 1 fully saturated rings. The van der Waals surface area contributed by atoms with E-state index in [2.05, 4.69) is 0 Å². The van der Waals surface area contributed by atoms with E-state index in [1.54, 1.807) is 0 Å². The largest absolute Gasteiger partial charge is 1.00 e. The first-order valence-electron chi connectivity index (χ1n) is 6.72. The third-order valence-corrected chi connectivity index (χ3v) is 4.99. The van der Waals surface area contributed by atoms with Crippen LogP contribution in [0.2, 0.25) is 0 Å². The molecular formula is C13H2Na8O16. The van der Waals surface area contributed by atoms with Crippen LogP contribution in [0.25, 0.3) is 0 Å². The molecular weight excluding hydrogens is 596 g/mol. The van der Waals surface area contributed by atoms with Crippen molar-refractivity contribution in [2.24, 2.45) is 21.7 Å². The summed E-state index contributed by atoms with van der Waals surface area (Å²) in [6, 6.07) is 0. The van der Waals surface area contributed by atoms with Gasteiger partial charge in [0.25, 0.3) is 0 Å². The fourth-order valence-electron chi connectivity index (χ4n) is 3.85. The first kappa shape index (κ1) is 60.0. The summed E-state index contributed by atoms with van der Waals surface area (Å²) < 4.78 is 0. The van der Waals surface area contributed by atoms with Gasteiger partial charge in [-0.2, -0.15) is 0 Å². The maximum atomic E-state index is 11.6. The van der Waals surface area contributed by atoms with Crippen molar-refractivity contribution < 1.29 is 316 Å². The Hall–Kier alpha value is 3.76. The van der Waals surface area contributed by atoms with Crippen LogP contribution in [-0.4, -0.2) is 47.8 Å². The fraction of sp³-hybridized carbons (Fsp3) is 0.385. The van der Waals surface area contributed by atoms with Crippen molar-refractivity contribution in [2.75, 3.05) is 0 Å². The molecule has 0 bridgehead atoms. The van der Waals surface area contributed by atoms with Crippen LogP contribution >= 0.6 is 0 Å². The van der Waals surface area contributed by atoms with E-state index >= 15 is 0 Å². The third kappa shape index (κ3) is 7.89. The summed E-state index contributed by atoms with van der Waals surface area (Å²) in [5.41, 5.74) is -21.2. The van der Waals surface area contributed by atoms with Crippen LogP contribution in [0, 0.1) is 21.7 Å². The fourth-order valence-corrected chi connectivity index (χ4v) is 3.85. The zero-order valence-corrected chi connectivity index (χ0v) is 37.2. The van der Waals surface area contributed by atoms with Crippen LogP contribution in [0.15, 0.2) is 0 Å². The summed E-state index contributed by atoms with van der Waals surface area (Å²) in [6.07, 6.45) is -2.95. The molecule has 0 heterocycles. The van der Waals surface area contributed by atoms with Crippen molar-refractivity contribution in [3.8, 4) is 0 Å². The van der Waals surface area contributed by atoms with Crippen molar-refractivity contribution in [1.82, 2.24) is 0 Å². The predicted octanol–water partition coefficient (Wildman–Crippen LogP) is -37.6. The van der Waals surface area contributed by atoms with Gasteiger partial charge in [-0.25, -0.2) is 0 Å². The second-order valence-electron chi connectivity index (χ2n) is 5.79. The molecule has 0 aromatic carbocycles. The van der Waals surface area contributed by atoms with Crippen molar-refractivity contribution in [3.05, 3.63) is 0 Å². The van der Waals surface area contributed by atoms with E-state index in [0.29, 0.717) is 0 Å². The van der Waals surface area contributed by atoms with Crippen LogP contribution in [0.1, 0.15) is 6.42 Å². The zero-order chi connectivity index (χ0) is 23.3. The number of carboxylic acid groups (broad SMARTS) is 8. The monoisotopic (exact) mass is 598 g/mol. The molecule has 16 nitrogen and oxygen atoms in total. The first-order chi connectivity index (χ1) is 13.0. The van der Waals surface area contributed by atoms with E-state index in [9.17, 15) is 79.2 Å². The van der Waals surface area contributed by atoms with Gasteiger partial charge in [-0.15, -0.1) is 0 Å². The van der Waals surface area contributed by atoms with E-state index in [0.717, 1.165) is 0 Å². The molecule has 1 aliphatic rings. The molecule has 0 N–H and O–H groups in total. The average Bonchev–Trinajstić information content (AvgIpc) is 2.82. The van der Waals surface area contributed by atoms with E-state index in [4.69, 9.17) is 0 Å². The zero-order valence-electron chi connectivity index (χ0n) is 21.2. The molecule has 24 heteroatoms. The second-order valence-corrected chi connectivity index (χ2v) is 5.79. The number of rotatable bonds is 8. The van der Waals surface area contributed by atoms with Crippen LogP contribution in [0.5, 0.6) is 0 Å². The van der Waals surface area contributed by atoms with Crippen LogP contribution < -0.4 is 277 Å². The standard InChI is InChI=1S/C13H10O16.8Na/c14-2(15)10(3(16)17)1-11(4(18)19,5(20)21)13(8(26)27,9(28)29)12(10,6(22)23)7(24)25;;;;;;;;/h1H2,(H,14,15)(H,16,17)(H,18,19)(H,20,21)(H,22,23)(H,24,25)(H,26,27)(H,28,29);;;;;;;;/q;8*+1/p-8. The summed E-state index contributed by atoms with van der Waals surface area (Å²) in [7, 11) is 0. The minimum absolute atomic E-state index is 0. The van der Waals surface area contributed by atoms with Crippen molar-refractivity contribution in [3.63, 3.8) is 0 Å². The molecule has 0 saturated heterocycles. The molecule has 0 amide bonds. The molecule has 0 atom stereocenters. The molecule has 0 aromatic heterocycles. The van der Waals surface area contributed by atoms with Crippen molar-refractivity contribution in [1.29, 1.82) is 0 Å². The van der Waals surface area contributed by atoms with E-state index in [-0.39, 0.29) is 236 Å². The number of carbonyl (C=O) groups is 8. The first-order valence-corrected chi connectivity index (χ1v) is 6.72. The molecule has 0 aliphatic heterocycles. The Balaban J connectivity index is -0.000000175. The topological polar surface area (TPSA) is 321 Å². The average molecular weight is 598 g/mol. The molecule has 1 rings (SSSR count). The van der Waals surface area contributed by atoms with Crippen LogP contribution in [0.3, 0.4) is 0 Å². The third-order valence-electron chi connectivity index (χ3n) is 4.99. The molecule has 1 saturated carbocycles. The van der Waals surface area contributed by atoms with Gasteiger partial charge in [-0.1, -0.05) is 0 Å². The van der Waals surface area contributed by atoms with Crippen molar-refractivity contribution in [2.45, 2.75) is 6.42 Å². The molecule has 0 aromatic rings. The minimum Gasteiger partial charge on any atom is -0.549 e. The van der Waals surface area contributed by atoms with Gasteiger partial charge in [-0.3, -0.25) is 0 Å². The normalized spacial score (nSPS) is 15.8. The molecule has 0 unspecified atom stereocenters. The Morgan fingerprint density at radius 1 is 0.324 bits per heavy atom. The molecule has 37 heavy (non-hydrogen) atoms. The second kappa shape index (κ2) is 21.5. The maximum absolute atomic E-state index is 11.6. The Kier molecular flexibility index (Phi) is 34.8. The number of aliphatic carboxylic acids is 8. The SMILES string of the molecule is O=C([O-])C1(C(=O)[O-])CC(C(=O)[O-])(C(=O)[O-])C(C(=O)[O-])(C(=O)[O-])C1(C(=O)[O-])C(=O)[O-].[Na+].[Na+].[Na+].[Na+].[Na+].[Na+].[Na+].[Na+]. The summed E-state index contributed by atoms with van der Waals surface area (Å²) in [4.78, 5) is 92.4. The molecule has 158 valence electrons. The minimum atomic E-state index is -5.57. The van der Waals surface area contributed by atoms with Gasteiger partial charge >= 0.3 is 236 Å². The van der Waals surface area contributed by atoms with E-state index in [1.165, 1.54) is 0 Å². The van der Waals surface area contributed by atoms with E-state index in [1.807, 2.05) is 0 Å². The Morgan fingerprint density at radius 2 is 0.459 bits per heavy atom. The van der Waals surface area contributed by atoms with Gasteiger partial charge < -0.3 is 79.2 Å². The van der Waals surface area contributed by atoms with Gasteiger partial charge in [0.1, 0.15) is 0 Å². The van der Waals surface area contributed by atoms with Gasteiger partial charge in [0, 0.05) is 0 Å². The van der Waals surface area contributed by atoms with Crippen LogP contribution in [-0.2, 0) is 38.4 Å². The number of hydrogen-bond acceptors (Lipinski definition) is 16. The molecule has 0 spiro atoms. The number of carboxylic acids is 8. The van der Waals surface area contributed by atoms with Crippen molar-refractivity contribution >= 4 is 47.8 Å². The molecule has 0 radical (unpaired) electrons. The summed E-state index contributed by atoms with van der Waals surface area (Å²) in [5.74, 6) is -28.9. The van der Waals surface area contributed by atoms with E-state index < -0.39 is 75.8 Å². The predicted molar refractivity (Wildman–Crippen MR) is 54.4 cm³/mol. The molecule has 1 aliphatic carbocycles. The van der Waals surface area contributed by atoms with Crippen LogP contribution in [0.4, 0.5) is 0 Å². The quantitative estimate of drug-likeness (QED) is 0.185. The number of carbonyl (C=O) groups excluding carboxylic acids is 8. The Morgan fingerprint density at radius 3 is 0.541 bits per heavy atom. The summed E-state index contributed by atoms with van der Waals surface area (Å²) in [6.45, 7) is 0. The summed E-state index contributed by atoms with van der Waals surface area (Å²) >= 11 is 0. The smallest absolute Gasteiger partial charge is 0.549 e. The summed E-state index contributed by atoms with van der Waals surface area (Å²) in [5, 5.41) is 92.4. The van der Waals surface area contributed by atoms with Gasteiger partial charge in [-0.05, 0) is 6.42 Å². The van der Waals surface area contributed by atoms with Gasteiger partial charge in [0.2, 0.25) is 0 Å². The van der Waals surface area contributed by atoms with Gasteiger partial charge in [0.05, 0.1) is 69.4 Å². The van der Waals surface area contributed by atoms with Gasteiger partial charge in [0.15, 0.2) is 0 Å². The Labute approximate surface area is 383 Å². The Bertz CT molecular complexity index is 792. The maximum Gasteiger partial charge on any atom is 1.00 e. The number of hydrogen-bond donors (Lipinski definition) is 0.